The number of aliphatic imine (C=N–C) groups is 1. The van der Waals surface area contributed by atoms with Crippen LogP contribution in [0.4, 0.5) is 10.1 Å². The molecule has 0 saturated heterocycles. The maximum atomic E-state index is 14.5. The number of ketones is 1. The van der Waals surface area contributed by atoms with Gasteiger partial charge < -0.3 is 14.1 Å². The van der Waals surface area contributed by atoms with Gasteiger partial charge in [0.05, 0.1) is 54.1 Å². The fourth-order valence-electron chi connectivity index (χ4n) is 4.79. The quantitative estimate of drug-likeness (QED) is 0.293. The molecular weight excluding hydrogens is 555 g/mol. The smallest absolute Gasteiger partial charge is 0.301 e. The van der Waals surface area contributed by atoms with Crippen LogP contribution in [-0.4, -0.2) is 64.2 Å². The number of nitrogens with one attached hydrogen (secondary N) is 1. The maximum absolute atomic E-state index is 14.5. The molecule has 6 heterocycles. The molecule has 1 saturated carbocycles. The molecule has 1 fully saturated rings. The van der Waals surface area contributed by atoms with E-state index in [0.29, 0.717) is 28.6 Å². The molecule has 1 aliphatic carbocycles. The molecule has 0 bridgehead atoms. The fraction of sp³-hybridized carbons (Fsp3) is 0.231. The number of pyridine rings is 2. The monoisotopic (exact) mass is 574 g/mol. The number of carbonyl (C=O) groups excluding carboxylic acids is 3. The van der Waals surface area contributed by atoms with Crippen molar-refractivity contribution in [1.29, 1.82) is 0 Å². The third-order valence-corrected chi connectivity index (χ3v) is 7.27. The number of Topliss-reactive ketones (excluding diaryl/α,β-unsaturated/α-hetero) is 1. The summed E-state index contributed by atoms with van der Waals surface area (Å²) in [6.07, 6.45) is 11.7. The van der Waals surface area contributed by atoms with Crippen LogP contribution in [0.15, 0.2) is 48.2 Å². The number of halogens is 2. The summed E-state index contributed by atoms with van der Waals surface area (Å²) in [6.45, 7) is -0.0184. The van der Waals surface area contributed by atoms with Gasteiger partial charge in [0.15, 0.2) is 17.2 Å². The highest BCUT2D eigenvalue weighted by Crippen LogP contribution is 2.42. The Bertz CT molecular complexity index is 1920. The Morgan fingerprint density at radius 3 is 2.85 bits per heavy atom. The van der Waals surface area contributed by atoms with E-state index in [0.717, 1.165) is 18.4 Å². The molecule has 5 aromatic rings. The third kappa shape index (κ3) is 4.51. The number of nitrogens with zero attached hydrogens (tertiary/aromatic N) is 9. The van der Waals surface area contributed by atoms with E-state index in [4.69, 9.17) is 11.6 Å². The number of fused-ring (bicyclic) bond motifs is 2. The van der Waals surface area contributed by atoms with Crippen LogP contribution >= 0.6 is 11.6 Å². The number of hydrogen-bond acceptors (Lipinski definition) is 8. The summed E-state index contributed by atoms with van der Waals surface area (Å²) in [5.41, 5.74) is 3.15. The van der Waals surface area contributed by atoms with E-state index < -0.39 is 23.4 Å². The van der Waals surface area contributed by atoms with Crippen molar-refractivity contribution in [3.05, 3.63) is 76.7 Å². The van der Waals surface area contributed by atoms with E-state index in [1.165, 1.54) is 38.9 Å². The molecule has 0 atom stereocenters. The summed E-state index contributed by atoms with van der Waals surface area (Å²) >= 11 is 5.89. The Labute approximate surface area is 235 Å². The first kappa shape index (κ1) is 25.0. The average molecular weight is 575 g/mol. The lowest BCUT2D eigenvalue weighted by molar-refractivity contribution is -0.135. The van der Waals surface area contributed by atoms with Crippen LogP contribution in [-0.2, 0) is 22.7 Å². The fourth-order valence-corrected chi connectivity index (χ4v) is 4.94. The molecule has 0 unspecified atom stereocenters. The van der Waals surface area contributed by atoms with E-state index in [2.05, 4.69) is 30.6 Å². The van der Waals surface area contributed by atoms with Gasteiger partial charge in [0.1, 0.15) is 12.1 Å². The first-order valence-corrected chi connectivity index (χ1v) is 13.1. The lowest BCUT2D eigenvalue weighted by atomic mass is 10.1. The first-order chi connectivity index (χ1) is 19.9. The van der Waals surface area contributed by atoms with Crippen LogP contribution in [0.2, 0.25) is 5.02 Å². The van der Waals surface area contributed by atoms with Gasteiger partial charge in [-0.3, -0.25) is 24.3 Å². The summed E-state index contributed by atoms with van der Waals surface area (Å²) in [4.78, 5) is 51.5. The predicted molar refractivity (Wildman–Crippen MR) is 143 cm³/mol. The lowest BCUT2D eigenvalue weighted by Gasteiger charge is -2.21. The van der Waals surface area contributed by atoms with Crippen molar-refractivity contribution < 1.29 is 18.8 Å². The molecule has 2 amide bonds. The number of aromatic nitrogens is 7. The van der Waals surface area contributed by atoms with Crippen LogP contribution in [0.5, 0.6) is 0 Å². The molecule has 2 aliphatic rings. The molecule has 0 spiro atoms. The Balaban J connectivity index is 1.11. The minimum atomic E-state index is -0.652. The summed E-state index contributed by atoms with van der Waals surface area (Å²) in [7, 11) is 0. The van der Waals surface area contributed by atoms with Gasteiger partial charge >= 0.3 is 5.91 Å². The number of rotatable bonds is 7. The van der Waals surface area contributed by atoms with Gasteiger partial charge in [0, 0.05) is 18.6 Å². The van der Waals surface area contributed by atoms with Crippen LogP contribution in [0.25, 0.3) is 11.2 Å². The van der Waals surface area contributed by atoms with E-state index >= 15 is 0 Å². The van der Waals surface area contributed by atoms with Gasteiger partial charge in [-0.15, -0.1) is 5.10 Å². The Hall–Kier alpha value is -4.98. The molecule has 15 heteroatoms. The Morgan fingerprint density at radius 2 is 2.02 bits per heavy atom. The van der Waals surface area contributed by atoms with Crippen molar-refractivity contribution in [1.82, 2.24) is 39.1 Å². The summed E-state index contributed by atoms with van der Waals surface area (Å²) in [6, 6.07) is 3.30. The molecule has 206 valence electrons. The summed E-state index contributed by atoms with van der Waals surface area (Å²) in [5.74, 6) is -1.98. The topological polar surface area (TPSA) is 144 Å². The van der Waals surface area contributed by atoms with Gasteiger partial charge in [-0.2, -0.15) is 0 Å². The first-order valence-electron chi connectivity index (χ1n) is 12.7. The standard InChI is InChI=1S/C26H20ClFN10O3/c27-17-3-4-35-13-31-18(23(35)22(17)28)6-30-25(40)19-11-37(34-33-19)10-16-9-36-8-15(14-1-2-14)5-20(24(36)32-16)38-12-29-7-21(39)26(38)41/h3-5,8-9,11-14H,1-2,6-7,10H2,(H,30,40). The number of anilines is 1. The number of amides is 2. The SMILES string of the molecule is O=C1CN=CN(c2cc(C3CC3)cn3cc(Cn4cc(C(=O)NCc5ncn6ccc(Cl)c(F)c56)nn4)nc23)C1=O. The van der Waals surface area contributed by atoms with Crippen LogP contribution in [0, 0.1) is 5.82 Å². The lowest BCUT2D eigenvalue weighted by Crippen LogP contribution is -2.40. The molecule has 0 radical (unpaired) electrons. The van der Waals surface area contributed by atoms with Crippen LogP contribution in [0.1, 0.15) is 46.2 Å². The average Bonchev–Trinajstić information content (AvgIpc) is 3.36. The van der Waals surface area contributed by atoms with E-state index in [9.17, 15) is 18.8 Å². The highest BCUT2D eigenvalue weighted by molar-refractivity contribution is 6.47. The number of hydrogen-bond donors (Lipinski definition) is 1. The second-order valence-electron chi connectivity index (χ2n) is 9.86. The summed E-state index contributed by atoms with van der Waals surface area (Å²) in [5, 5.41) is 10.6. The van der Waals surface area contributed by atoms with Crippen molar-refractivity contribution in [2.24, 2.45) is 4.99 Å². The van der Waals surface area contributed by atoms with E-state index in [1.807, 2.05) is 22.9 Å². The third-order valence-electron chi connectivity index (χ3n) is 6.98. The zero-order chi connectivity index (χ0) is 28.2. The molecule has 0 aromatic carbocycles. The largest absolute Gasteiger partial charge is 0.345 e. The van der Waals surface area contributed by atoms with Crippen molar-refractivity contribution in [3.8, 4) is 0 Å². The van der Waals surface area contributed by atoms with Crippen molar-refractivity contribution in [2.45, 2.75) is 31.8 Å². The van der Waals surface area contributed by atoms with E-state index in [-0.39, 0.29) is 35.9 Å². The predicted octanol–water partition coefficient (Wildman–Crippen LogP) is 2.17. The summed E-state index contributed by atoms with van der Waals surface area (Å²) < 4.78 is 19.2. The Morgan fingerprint density at radius 1 is 1.17 bits per heavy atom. The molecule has 7 rings (SSSR count). The van der Waals surface area contributed by atoms with Crippen molar-refractivity contribution in [2.75, 3.05) is 11.4 Å². The molecule has 1 aliphatic heterocycles. The molecule has 13 nitrogen and oxygen atoms in total. The normalized spacial score (nSPS) is 15.4. The van der Waals surface area contributed by atoms with Crippen LogP contribution < -0.4 is 10.2 Å². The molecular formula is C26H20ClFN10O3. The van der Waals surface area contributed by atoms with Crippen molar-refractivity contribution in [3.63, 3.8) is 0 Å². The zero-order valence-corrected chi connectivity index (χ0v) is 22.0. The second kappa shape index (κ2) is 9.59. The van der Waals surface area contributed by atoms with Gasteiger partial charge in [-0.25, -0.2) is 19.0 Å². The Kier molecular flexibility index (Phi) is 5.85. The second-order valence-corrected chi connectivity index (χ2v) is 10.3. The molecule has 41 heavy (non-hydrogen) atoms. The van der Waals surface area contributed by atoms with Gasteiger partial charge in [0.25, 0.3) is 5.91 Å². The van der Waals surface area contributed by atoms with Gasteiger partial charge in [0.2, 0.25) is 5.78 Å². The van der Waals surface area contributed by atoms with Gasteiger partial charge in [-0.1, -0.05) is 16.8 Å². The zero-order valence-electron chi connectivity index (χ0n) is 21.2. The van der Waals surface area contributed by atoms with Gasteiger partial charge in [-0.05, 0) is 36.5 Å². The van der Waals surface area contributed by atoms with Crippen LogP contribution in [0.3, 0.4) is 0 Å². The minimum absolute atomic E-state index is 0.0412. The highest BCUT2D eigenvalue weighted by Gasteiger charge is 2.30. The minimum Gasteiger partial charge on any atom is -0.345 e. The number of carbonyl (C=O) groups is 3. The highest BCUT2D eigenvalue weighted by atomic mass is 35.5. The van der Waals surface area contributed by atoms with Crippen molar-refractivity contribution >= 4 is 52.4 Å². The molecule has 5 aromatic heterocycles. The van der Waals surface area contributed by atoms with E-state index in [1.54, 1.807) is 6.20 Å². The molecule has 1 N–H and O–H groups in total. The maximum Gasteiger partial charge on any atom is 0.301 e. The number of imidazole rings is 2.